The molecule has 2 rings (SSSR count). The molecule has 2 aromatic rings. The number of aryl methyl sites for hydroxylation is 2. The molecule has 0 unspecified atom stereocenters. The molecule has 0 bridgehead atoms. The summed E-state index contributed by atoms with van der Waals surface area (Å²) in [6, 6.07) is 13.2. The summed E-state index contributed by atoms with van der Waals surface area (Å²) in [5.74, 6) is 0.488. The van der Waals surface area contributed by atoms with Crippen molar-refractivity contribution in [2.75, 3.05) is 0 Å². The van der Waals surface area contributed by atoms with E-state index in [4.69, 9.17) is 11.6 Å². The first-order valence-electron chi connectivity index (χ1n) is 6.82. The van der Waals surface area contributed by atoms with E-state index in [9.17, 15) is 0 Å². The summed E-state index contributed by atoms with van der Waals surface area (Å²) >= 11 is 6.38. The van der Waals surface area contributed by atoms with Crippen molar-refractivity contribution in [3.8, 4) is 0 Å². The molecule has 0 aromatic heterocycles. The maximum atomic E-state index is 6.38. The molecule has 0 saturated carbocycles. The Morgan fingerprint density at radius 2 is 1.63 bits per heavy atom. The molecule has 19 heavy (non-hydrogen) atoms. The number of benzene rings is 2. The lowest BCUT2D eigenvalue weighted by Gasteiger charge is -2.15. The highest BCUT2D eigenvalue weighted by Gasteiger charge is 2.11. The van der Waals surface area contributed by atoms with Crippen LogP contribution in [0.4, 0.5) is 0 Å². The average Bonchev–Trinajstić information content (AvgIpc) is 2.26. The van der Waals surface area contributed by atoms with Gasteiger partial charge in [-0.25, -0.2) is 0 Å². The topological polar surface area (TPSA) is 0 Å². The van der Waals surface area contributed by atoms with Crippen molar-refractivity contribution in [1.82, 2.24) is 0 Å². The van der Waals surface area contributed by atoms with E-state index in [1.807, 2.05) is 6.07 Å². The van der Waals surface area contributed by atoms with Crippen molar-refractivity contribution in [1.29, 1.82) is 0 Å². The SMILES string of the molecule is Cc1cc(C)cc([SiH2]c2cccc(Cl)c2C(C)C)c1. The van der Waals surface area contributed by atoms with Crippen LogP contribution in [0.25, 0.3) is 0 Å². The van der Waals surface area contributed by atoms with E-state index in [0.29, 0.717) is 5.92 Å². The lowest BCUT2D eigenvalue weighted by atomic mass is 10.0. The third kappa shape index (κ3) is 3.49. The third-order valence-electron chi connectivity index (χ3n) is 3.40. The summed E-state index contributed by atoms with van der Waals surface area (Å²) in [6.45, 7) is 8.79. The molecule has 0 fully saturated rings. The van der Waals surface area contributed by atoms with Crippen LogP contribution >= 0.6 is 11.6 Å². The Kier molecular flexibility index (Phi) is 4.49. The lowest BCUT2D eigenvalue weighted by molar-refractivity contribution is 0.873. The first-order chi connectivity index (χ1) is 8.97. The van der Waals surface area contributed by atoms with Gasteiger partial charge in [-0.2, -0.15) is 0 Å². The zero-order valence-electron chi connectivity index (χ0n) is 12.1. The van der Waals surface area contributed by atoms with Crippen molar-refractivity contribution >= 4 is 31.5 Å². The highest BCUT2D eigenvalue weighted by molar-refractivity contribution is 6.68. The van der Waals surface area contributed by atoms with Crippen LogP contribution in [-0.4, -0.2) is 9.52 Å². The van der Waals surface area contributed by atoms with Crippen molar-refractivity contribution in [3.05, 3.63) is 58.1 Å². The Balaban J connectivity index is 2.40. The molecule has 0 atom stereocenters. The quantitative estimate of drug-likeness (QED) is 0.761. The summed E-state index contributed by atoms with van der Waals surface area (Å²) in [4.78, 5) is 0. The van der Waals surface area contributed by atoms with Crippen molar-refractivity contribution < 1.29 is 0 Å². The first-order valence-corrected chi connectivity index (χ1v) is 8.61. The molecular formula is C17H21ClSi. The van der Waals surface area contributed by atoms with Crippen LogP contribution in [0.1, 0.15) is 36.5 Å². The Hall–Kier alpha value is -1.05. The van der Waals surface area contributed by atoms with Gasteiger partial charge in [0.1, 0.15) is 0 Å². The molecule has 0 N–H and O–H groups in total. The van der Waals surface area contributed by atoms with Crippen LogP contribution in [-0.2, 0) is 0 Å². The molecular weight excluding hydrogens is 268 g/mol. The minimum Gasteiger partial charge on any atom is -0.0840 e. The average molecular weight is 289 g/mol. The van der Waals surface area contributed by atoms with Gasteiger partial charge in [0.25, 0.3) is 0 Å². The largest absolute Gasteiger partial charge is 0.0879 e. The second-order valence-corrected chi connectivity index (χ2v) is 7.98. The summed E-state index contributed by atoms with van der Waals surface area (Å²) in [5.41, 5.74) is 4.06. The molecule has 0 amide bonds. The second-order valence-electron chi connectivity index (χ2n) is 5.64. The first kappa shape index (κ1) is 14.4. The Morgan fingerprint density at radius 3 is 2.21 bits per heavy atom. The standard InChI is InChI=1S/C17H21ClSi/c1-11(2)17-15(18)6-5-7-16(17)19-14-9-12(3)8-13(4)10-14/h5-11H,19H2,1-4H3. The summed E-state index contributed by atoms with van der Waals surface area (Å²) in [7, 11) is -0.454. The van der Waals surface area contributed by atoms with Crippen LogP contribution in [0.5, 0.6) is 0 Å². The van der Waals surface area contributed by atoms with Crippen molar-refractivity contribution in [2.24, 2.45) is 0 Å². The fourth-order valence-electron chi connectivity index (χ4n) is 2.77. The molecule has 0 aliphatic rings. The number of rotatable bonds is 3. The number of halogens is 1. The van der Waals surface area contributed by atoms with Crippen molar-refractivity contribution in [3.63, 3.8) is 0 Å². The highest BCUT2D eigenvalue weighted by atomic mass is 35.5. The second kappa shape index (κ2) is 5.94. The number of hydrogen-bond donors (Lipinski definition) is 0. The van der Waals surface area contributed by atoms with E-state index >= 15 is 0 Å². The molecule has 2 aromatic carbocycles. The zero-order chi connectivity index (χ0) is 14.0. The predicted molar refractivity (Wildman–Crippen MR) is 89.3 cm³/mol. The van der Waals surface area contributed by atoms with Gasteiger partial charge < -0.3 is 0 Å². The normalized spacial score (nSPS) is 11.7. The van der Waals surface area contributed by atoms with Crippen LogP contribution in [0.3, 0.4) is 0 Å². The zero-order valence-corrected chi connectivity index (χ0v) is 14.3. The molecule has 2 heteroatoms. The minimum absolute atomic E-state index is 0.454. The van der Waals surface area contributed by atoms with Gasteiger partial charge in [-0.15, -0.1) is 0 Å². The van der Waals surface area contributed by atoms with Gasteiger partial charge in [-0.1, -0.05) is 77.3 Å². The van der Waals surface area contributed by atoms with Crippen LogP contribution in [0.2, 0.25) is 5.02 Å². The van der Waals surface area contributed by atoms with Gasteiger partial charge >= 0.3 is 0 Å². The van der Waals surface area contributed by atoms with E-state index in [2.05, 4.69) is 58.0 Å². The van der Waals surface area contributed by atoms with E-state index in [0.717, 1.165) is 5.02 Å². The summed E-state index contributed by atoms with van der Waals surface area (Å²) < 4.78 is 0. The minimum atomic E-state index is -0.454. The highest BCUT2D eigenvalue weighted by Crippen LogP contribution is 2.21. The molecule has 0 aliphatic carbocycles. The fourth-order valence-corrected chi connectivity index (χ4v) is 5.63. The Bertz CT molecular complexity index is 568. The smallest absolute Gasteiger partial charge is 0.0840 e. The van der Waals surface area contributed by atoms with E-state index in [1.54, 1.807) is 0 Å². The molecule has 0 spiro atoms. The van der Waals surface area contributed by atoms with Gasteiger partial charge in [-0.05, 0) is 31.4 Å². The maximum absolute atomic E-state index is 6.38. The monoisotopic (exact) mass is 288 g/mol. The van der Waals surface area contributed by atoms with Crippen LogP contribution in [0.15, 0.2) is 36.4 Å². The maximum Gasteiger partial charge on any atom is 0.0879 e. The molecule has 0 heterocycles. The molecule has 0 aliphatic heterocycles. The summed E-state index contributed by atoms with van der Waals surface area (Å²) in [5, 5.41) is 3.90. The van der Waals surface area contributed by atoms with Gasteiger partial charge in [0.15, 0.2) is 0 Å². The van der Waals surface area contributed by atoms with E-state index in [1.165, 1.54) is 27.1 Å². The Labute approximate surface area is 123 Å². The van der Waals surface area contributed by atoms with Crippen LogP contribution in [0, 0.1) is 13.8 Å². The predicted octanol–water partition coefficient (Wildman–Crippen LogP) is 3.20. The number of hydrogen-bond acceptors (Lipinski definition) is 0. The molecule has 0 saturated heterocycles. The third-order valence-corrected chi connectivity index (χ3v) is 5.54. The van der Waals surface area contributed by atoms with Gasteiger partial charge in [0, 0.05) is 5.02 Å². The Morgan fingerprint density at radius 1 is 1.00 bits per heavy atom. The summed E-state index contributed by atoms with van der Waals surface area (Å²) in [6.07, 6.45) is 0. The van der Waals surface area contributed by atoms with Gasteiger partial charge in [-0.3, -0.25) is 0 Å². The van der Waals surface area contributed by atoms with Gasteiger partial charge in [0.05, 0.1) is 9.52 Å². The van der Waals surface area contributed by atoms with Gasteiger partial charge in [0.2, 0.25) is 0 Å². The van der Waals surface area contributed by atoms with Crippen molar-refractivity contribution in [2.45, 2.75) is 33.6 Å². The molecule has 0 radical (unpaired) electrons. The molecule has 100 valence electrons. The van der Waals surface area contributed by atoms with Crippen LogP contribution < -0.4 is 10.4 Å². The van der Waals surface area contributed by atoms with E-state index in [-0.39, 0.29) is 0 Å². The molecule has 0 nitrogen and oxygen atoms in total. The fraction of sp³-hybridized carbons (Fsp3) is 0.294. The lowest BCUT2D eigenvalue weighted by Crippen LogP contribution is -2.31. The van der Waals surface area contributed by atoms with E-state index < -0.39 is 9.52 Å².